The Kier molecular flexibility index (Phi) is 3.68. The van der Waals surface area contributed by atoms with Crippen molar-refractivity contribution in [1.82, 2.24) is 4.72 Å². The Bertz CT molecular complexity index is 623. The number of carbonyl (C=O) groups excluding carboxylic acids is 2. The molecule has 1 saturated heterocycles. The fraction of sp³-hybridized carbons (Fsp3) is 0.333. The van der Waals surface area contributed by atoms with E-state index in [1.807, 2.05) is 0 Å². The van der Waals surface area contributed by atoms with E-state index in [0.717, 1.165) is 0 Å². The number of esters is 1. The van der Waals surface area contributed by atoms with Gasteiger partial charge in [0.15, 0.2) is 5.78 Å². The predicted octanol–water partition coefficient (Wildman–Crippen LogP) is 0.483. The minimum absolute atomic E-state index is 0.0418. The summed E-state index contributed by atoms with van der Waals surface area (Å²) in [5.41, 5.74) is 0.303. The molecule has 2 rings (SSSR count). The van der Waals surface area contributed by atoms with Gasteiger partial charge in [0.05, 0.1) is 11.5 Å². The molecule has 1 N–H and O–H groups in total. The van der Waals surface area contributed by atoms with Crippen LogP contribution in [0.5, 0.6) is 0 Å². The number of cyclic esters (lactones) is 1. The maximum absolute atomic E-state index is 12.1. The molecule has 6 nitrogen and oxygen atoms in total. The summed E-state index contributed by atoms with van der Waals surface area (Å²) in [6.45, 7) is 1.56. The van der Waals surface area contributed by atoms with Crippen LogP contribution in [0.4, 0.5) is 0 Å². The van der Waals surface area contributed by atoms with E-state index in [2.05, 4.69) is 9.46 Å². The summed E-state index contributed by atoms with van der Waals surface area (Å²) in [5.74, 6) is -0.802. The highest BCUT2D eigenvalue weighted by molar-refractivity contribution is 7.89. The van der Waals surface area contributed by atoms with Crippen molar-refractivity contribution in [2.45, 2.75) is 24.3 Å². The van der Waals surface area contributed by atoms with E-state index < -0.39 is 22.0 Å². The molecule has 0 saturated carbocycles. The fourth-order valence-electron chi connectivity index (χ4n) is 1.74. The summed E-state index contributed by atoms with van der Waals surface area (Å²) < 4.78 is 31.1. The number of sulfonamides is 1. The van der Waals surface area contributed by atoms with Gasteiger partial charge in [-0.15, -0.1) is 0 Å². The number of ketones is 1. The number of benzene rings is 1. The molecule has 1 atom stereocenters. The number of rotatable bonds is 4. The molecule has 1 fully saturated rings. The van der Waals surface area contributed by atoms with E-state index in [4.69, 9.17) is 0 Å². The number of Topliss-reactive ketones (excluding diaryl/α,β-unsaturated/α-hetero) is 1. The Hall–Kier alpha value is -1.73. The van der Waals surface area contributed by atoms with Crippen molar-refractivity contribution in [2.75, 3.05) is 6.61 Å². The lowest BCUT2D eigenvalue weighted by Crippen LogP contribution is -2.37. The molecule has 7 heteroatoms. The first-order valence-corrected chi connectivity index (χ1v) is 7.18. The van der Waals surface area contributed by atoms with Crippen molar-refractivity contribution in [3.63, 3.8) is 0 Å². The standard InChI is InChI=1S/C12H13NO5S/c1-8(14)9-3-2-4-10(7-9)19(16,17)13-11-5-6-18-12(11)15/h2-4,7,11,13H,5-6H2,1H3/t11-/m0/s1. The van der Waals surface area contributed by atoms with Gasteiger partial charge in [-0.2, -0.15) is 4.72 Å². The van der Waals surface area contributed by atoms with E-state index in [0.29, 0.717) is 12.0 Å². The molecular weight excluding hydrogens is 270 g/mol. The zero-order valence-electron chi connectivity index (χ0n) is 10.3. The Morgan fingerprint density at radius 1 is 1.42 bits per heavy atom. The fourth-order valence-corrected chi connectivity index (χ4v) is 3.00. The van der Waals surface area contributed by atoms with Crippen LogP contribution < -0.4 is 4.72 Å². The third-order valence-electron chi connectivity index (χ3n) is 2.78. The summed E-state index contributed by atoms with van der Waals surface area (Å²) in [5, 5.41) is 0. The lowest BCUT2D eigenvalue weighted by Gasteiger charge is -2.10. The average molecular weight is 283 g/mol. The van der Waals surface area contributed by atoms with E-state index in [-0.39, 0.29) is 17.3 Å². The molecule has 0 aliphatic carbocycles. The third kappa shape index (κ3) is 2.99. The van der Waals surface area contributed by atoms with Gasteiger partial charge >= 0.3 is 5.97 Å². The Balaban J connectivity index is 2.26. The number of ether oxygens (including phenoxy) is 1. The van der Waals surface area contributed by atoms with Gasteiger partial charge in [-0.25, -0.2) is 8.42 Å². The molecule has 0 aromatic heterocycles. The van der Waals surface area contributed by atoms with Crippen LogP contribution in [0.25, 0.3) is 0 Å². The highest BCUT2D eigenvalue weighted by atomic mass is 32.2. The Morgan fingerprint density at radius 3 is 2.74 bits per heavy atom. The second kappa shape index (κ2) is 5.10. The van der Waals surface area contributed by atoms with E-state index in [1.54, 1.807) is 0 Å². The third-order valence-corrected chi connectivity index (χ3v) is 4.25. The minimum atomic E-state index is -3.84. The average Bonchev–Trinajstić information content (AvgIpc) is 2.74. The van der Waals surface area contributed by atoms with Crippen molar-refractivity contribution in [3.8, 4) is 0 Å². The monoisotopic (exact) mass is 283 g/mol. The maximum Gasteiger partial charge on any atom is 0.324 e. The molecule has 1 aliphatic rings. The SMILES string of the molecule is CC(=O)c1cccc(S(=O)(=O)N[C@H]2CCOC2=O)c1. The van der Waals surface area contributed by atoms with Crippen LogP contribution in [0.2, 0.25) is 0 Å². The zero-order valence-corrected chi connectivity index (χ0v) is 11.1. The summed E-state index contributed by atoms with van der Waals surface area (Å²) >= 11 is 0. The second-order valence-corrected chi connectivity index (χ2v) is 5.93. The van der Waals surface area contributed by atoms with Gasteiger partial charge in [0, 0.05) is 12.0 Å². The molecule has 102 valence electrons. The molecule has 0 spiro atoms. The molecular formula is C12H13NO5S. The molecule has 1 aromatic carbocycles. The molecule has 1 heterocycles. The molecule has 0 amide bonds. The van der Waals surface area contributed by atoms with Crippen LogP contribution in [-0.4, -0.2) is 32.8 Å². The van der Waals surface area contributed by atoms with Gasteiger partial charge < -0.3 is 4.74 Å². The topological polar surface area (TPSA) is 89.5 Å². The van der Waals surface area contributed by atoms with Crippen molar-refractivity contribution >= 4 is 21.8 Å². The Morgan fingerprint density at radius 2 is 2.16 bits per heavy atom. The minimum Gasteiger partial charge on any atom is -0.464 e. The zero-order chi connectivity index (χ0) is 14.0. The molecule has 1 aliphatic heterocycles. The molecule has 0 radical (unpaired) electrons. The first kappa shape index (κ1) is 13.7. The van der Waals surface area contributed by atoms with Crippen LogP contribution >= 0.6 is 0 Å². The first-order valence-electron chi connectivity index (χ1n) is 5.70. The van der Waals surface area contributed by atoms with Crippen molar-refractivity contribution < 1.29 is 22.7 Å². The summed E-state index contributed by atoms with van der Waals surface area (Å²) in [6, 6.07) is 4.81. The highest BCUT2D eigenvalue weighted by Gasteiger charge is 2.31. The van der Waals surface area contributed by atoms with Crippen LogP contribution in [0, 0.1) is 0 Å². The van der Waals surface area contributed by atoms with Crippen LogP contribution in [0.1, 0.15) is 23.7 Å². The van der Waals surface area contributed by atoms with Gasteiger partial charge in [-0.3, -0.25) is 9.59 Å². The molecule has 1 aromatic rings. The highest BCUT2D eigenvalue weighted by Crippen LogP contribution is 2.15. The normalized spacial score (nSPS) is 19.2. The largest absolute Gasteiger partial charge is 0.464 e. The second-order valence-electron chi connectivity index (χ2n) is 4.21. The van der Waals surface area contributed by atoms with Gasteiger partial charge in [-0.05, 0) is 19.1 Å². The Labute approximate surface area is 110 Å². The van der Waals surface area contributed by atoms with E-state index in [1.165, 1.54) is 31.2 Å². The molecule has 19 heavy (non-hydrogen) atoms. The smallest absolute Gasteiger partial charge is 0.324 e. The van der Waals surface area contributed by atoms with Crippen LogP contribution in [0.3, 0.4) is 0 Å². The number of nitrogens with one attached hydrogen (secondary N) is 1. The lowest BCUT2D eigenvalue weighted by atomic mass is 10.2. The number of carbonyl (C=O) groups is 2. The molecule has 0 bridgehead atoms. The maximum atomic E-state index is 12.1. The lowest BCUT2D eigenvalue weighted by molar-refractivity contribution is -0.139. The van der Waals surface area contributed by atoms with Crippen LogP contribution in [-0.2, 0) is 19.6 Å². The van der Waals surface area contributed by atoms with Gasteiger partial charge in [0.2, 0.25) is 10.0 Å². The van der Waals surface area contributed by atoms with Crippen molar-refractivity contribution in [1.29, 1.82) is 0 Å². The van der Waals surface area contributed by atoms with Crippen molar-refractivity contribution in [2.24, 2.45) is 0 Å². The van der Waals surface area contributed by atoms with E-state index >= 15 is 0 Å². The molecule has 0 unspecified atom stereocenters. The van der Waals surface area contributed by atoms with Gasteiger partial charge in [-0.1, -0.05) is 12.1 Å². The quantitative estimate of drug-likeness (QED) is 0.641. The summed E-state index contributed by atoms with van der Waals surface area (Å²) in [7, 11) is -3.84. The number of hydrogen-bond acceptors (Lipinski definition) is 5. The first-order chi connectivity index (χ1) is 8.90. The van der Waals surface area contributed by atoms with Gasteiger partial charge in [0.1, 0.15) is 6.04 Å². The van der Waals surface area contributed by atoms with Crippen molar-refractivity contribution in [3.05, 3.63) is 29.8 Å². The van der Waals surface area contributed by atoms with Gasteiger partial charge in [0.25, 0.3) is 0 Å². The number of hydrogen-bond donors (Lipinski definition) is 1. The predicted molar refractivity (Wildman–Crippen MR) is 66.1 cm³/mol. The van der Waals surface area contributed by atoms with E-state index in [9.17, 15) is 18.0 Å². The summed E-state index contributed by atoms with van der Waals surface area (Å²) in [4.78, 5) is 22.4. The van der Waals surface area contributed by atoms with Crippen LogP contribution in [0.15, 0.2) is 29.2 Å². The summed E-state index contributed by atoms with van der Waals surface area (Å²) in [6.07, 6.45) is 0.310.